The van der Waals surface area contributed by atoms with Crippen LogP contribution in [0.4, 0.5) is 0 Å². The van der Waals surface area contributed by atoms with Crippen molar-refractivity contribution in [2.75, 3.05) is 13.2 Å². The zero-order valence-corrected chi connectivity index (χ0v) is 47.6. The van der Waals surface area contributed by atoms with E-state index in [1.807, 2.05) is 0 Å². The summed E-state index contributed by atoms with van der Waals surface area (Å²) in [5, 5.41) is 0. The molecule has 0 N–H and O–H groups in total. The Hall–Kier alpha value is -3.93. The fraction of sp³-hybridized carbons (Fsp3) is 0.687. The summed E-state index contributed by atoms with van der Waals surface area (Å²) in [4.78, 5) is 38.2. The molecule has 6 nitrogen and oxygen atoms in total. The molecule has 0 rings (SSSR count). The third-order valence-corrected chi connectivity index (χ3v) is 12.7. The van der Waals surface area contributed by atoms with E-state index in [4.69, 9.17) is 14.2 Å². The van der Waals surface area contributed by atoms with Crippen LogP contribution < -0.4 is 0 Å². The van der Waals surface area contributed by atoms with E-state index in [0.717, 1.165) is 135 Å². The molecule has 0 saturated carbocycles. The van der Waals surface area contributed by atoms with Crippen LogP contribution in [0.3, 0.4) is 0 Å². The number of rotatable bonds is 54. The second kappa shape index (κ2) is 60.6. The number of hydrogen-bond donors (Lipinski definition) is 0. The maximum atomic E-state index is 12.9. The van der Waals surface area contributed by atoms with E-state index in [-0.39, 0.29) is 31.1 Å². The molecule has 0 saturated heterocycles. The molecule has 0 aromatic carbocycles. The molecule has 73 heavy (non-hydrogen) atoms. The zero-order chi connectivity index (χ0) is 52.9. The first-order chi connectivity index (χ1) is 36.0. The van der Waals surface area contributed by atoms with Gasteiger partial charge in [0.2, 0.25) is 0 Å². The van der Waals surface area contributed by atoms with Crippen LogP contribution in [0.1, 0.15) is 278 Å². The van der Waals surface area contributed by atoms with Crippen molar-refractivity contribution in [1.82, 2.24) is 0 Å². The van der Waals surface area contributed by atoms with E-state index in [9.17, 15) is 14.4 Å². The summed E-state index contributed by atoms with van der Waals surface area (Å²) < 4.78 is 16.9. The van der Waals surface area contributed by atoms with Crippen molar-refractivity contribution in [3.8, 4) is 0 Å². The van der Waals surface area contributed by atoms with E-state index < -0.39 is 6.10 Å². The van der Waals surface area contributed by atoms with E-state index >= 15 is 0 Å². The molecule has 0 aliphatic rings. The van der Waals surface area contributed by atoms with Crippen molar-refractivity contribution < 1.29 is 28.6 Å². The van der Waals surface area contributed by atoms with Crippen LogP contribution in [-0.2, 0) is 28.6 Å². The van der Waals surface area contributed by atoms with Crippen LogP contribution in [0.5, 0.6) is 0 Å². The Morgan fingerprint density at radius 3 is 0.890 bits per heavy atom. The van der Waals surface area contributed by atoms with E-state index in [1.54, 1.807) is 0 Å². The van der Waals surface area contributed by atoms with Crippen molar-refractivity contribution in [2.45, 2.75) is 284 Å². The second-order valence-corrected chi connectivity index (χ2v) is 19.9. The molecular weight excluding hydrogens is 901 g/mol. The molecule has 0 spiro atoms. The SMILES string of the molecule is CC/C=C\C/C=C\C/C=C\C/C=C\C/C=C\CCCCCCCCCC(=O)OCC(COC(=O)CCCCCCC/C=C\C/C=C\CCC)OC(=O)CCCCCCCCCCC/C=C\C/C=C\CCCCC. The van der Waals surface area contributed by atoms with Crippen LogP contribution in [-0.4, -0.2) is 37.2 Å². The Morgan fingerprint density at radius 2 is 0.562 bits per heavy atom. The lowest BCUT2D eigenvalue weighted by molar-refractivity contribution is -0.167. The summed E-state index contributed by atoms with van der Waals surface area (Å²) in [6.07, 6.45) is 82.2. The van der Waals surface area contributed by atoms with Crippen molar-refractivity contribution in [3.63, 3.8) is 0 Å². The van der Waals surface area contributed by atoms with Gasteiger partial charge in [-0.15, -0.1) is 0 Å². The standard InChI is InChI=1S/C67H112O6/c1-4-7-10-13-16-19-22-25-27-29-31-32-33-34-36-37-39-42-45-48-51-54-57-60-66(69)72-63-64(62-71-65(68)59-56-53-50-47-44-41-24-21-18-15-12-9-6-3)73-67(70)61-58-55-52-49-46-43-40-38-35-30-28-26-23-20-17-14-11-8-5-2/h7,10,12,15-17,19-21,24-28,31-32,34,36,64H,4-6,8-9,11,13-14,18,22-23,29-30,33,35,37-63H2,1-3H3/b10-7-,15-12-,19-16-,20-17-,24-21-,27-25-,28-26-,32-31-,36-34-. The van der Waals surface area contributed by atoms with Gasteiger partial charge in [0, 0.05) is 19.3 Å². The average molecular weight is 1010 g/mol. The number of ether oxygens (including phenoxy) is 3. The predicted molar refractivity (Wildman–Crippen MR) is 316 cm³/mol. The minimum Gasteiger partial charge on any atom is -0.462 e. The fourth-order valence-electron chi connectivity index (χ4n) is 8.18. The highest BCUT2D eigenvalue weighted by molar-refractivity contribution is 5.71. The normalized spacial score (nSPS) is 12.9. The monoisotopic (exact) mass is 1010 g/mol. The summed E-state index contributed by atoms with van der Waals surface area (Å²) in [6.45, 7) is 6.42. The molecule has 1 atom stereocenters. The lowest BCUT2D eigenvalue weighted by Crippen LogP contribution is -2.30. The average Bonchev–Trinajstić information content (AvgIpc) is 3.39. The molecule has 0 aromatic heterocycles. The van der Waals surface area contributed by atoms with Crippen LogP contribution in [0.15, 0.2) is 109 Å². The number of carbonyl (C=O) groups is 3. The molecule has 0 aliphatic carbocycles. The number of esters is 3. The minimum absolute atomic E-state index is 0.0912. The molecule has 6 heteroatoms. The van der Waals surface area contributed by atoms with Gasteiger partial charge in [0.15, 0.2) is 6.10 Å². The molecular formula is C67H112O6. The van der Waals surface area contributed by atoms with Gasteiger partial charge in [-0.05, 0) is 122 Å². The van der Waals surface area contributed by atoms with Gasteiger partial charge in [0.05, 0.1) is 0 Å². The van der Waals surface area contributed by atoms with Crippen molar-refractivity contribution in [2.24, 2.45) is 0 Å². The number of allylic oxidation sites excluding steroid dienone is 18. The predicted octanol–water partition coefficient (Wildman–Crippen LogP) is 20.7. The summed E-state index contributed by atoms with van der Waals surface area (Å²) in [7, 11) is 0. The van der Waals surface area contributed by atoms with Crippen molar-refractivity contribution in [3.05, 3.63) is 109 Å². The lowest BCUT2D eigenvalue weighted by Gasteiger charge is -2.18. The van der Waals surface area contributed by atoms with Gasteiger partial charge in [0.25, 0.3) is 0 Å². The highest BCUT2D eigenvalue weighted by Gasteiger charge is 2.19. The largest absolute Gasteiger partial charge is 0.462 e. The molecule has 0 amide bonds. The van der Waals surface area contributed by atoms with Gasteiger partial charge in [0.1, 0.15) is 13.2 Å². The van der Waals surface area contributed by atoms with Gasteiger partial charge < -0.3 is 14.2 Å². The smallest absolute Gasteiger partial charge is 0.306 e. The first-order valence-corrected chi connectivity index (χ1v) is 30.4. The lowest BCUT2D eigenvalue weighted by atomic mass is 10.1. The van der Waals surface area contributed by atoms with Gasteiger partial charge in [-0.1, -0.05) is 246 Å². The Bertz CT molecular complexity index is 1490. The highest BCUT2D eigenvalue weighted by Crippen LogP contribution is 2.15. The summed E-state index contributed by atoms with van der Waals surface area (Å²) in [5.74, 6) is -0.916. The fourth-order valence-corrected chi connectivity index (χ4v) is 8.18. The molecule has 0 radical (unpaired) electrons. The topological polar surface area (TPSA) is 78.9 Å². The molecule has 1 unspecified atom stereocenters. The maximum absolute atomic E-state index is 12.9. The second-order valence-electron chi connectivity index (χ2n) is 19.9. The minimum atomic E-state index is -0.794. The van der Waals surface area contributed by atoms with E-state index in [1.165, 1.54) is 103 Å². The molecule has 416 valence electrons. The van der Waals surface area contributed by atoms with Gasteiger partial charge in [-0.25, -0.2) is 0 Å². The Balaban J connectivity index is 4.39. The molecule has 0 fully saturated rings. The van der Waals surface area contributed by atoms with Gasteiger partial charge in [-0.3, -0.25) is 14.4 Å². The Morgan fingerprint density at radius 1 is 0.288 bits per heavy atom. The van der Waals surface area contributed by atoms with Gasteiger partial charge >= 0.3 is 17.9 Å². The number of carbonyl (C=O) groups excluding carboxylic acids is 3. The first kappa shape index (κ1) is 69.1. The van der Waals surface area contributed by atoms with E-state index in [0.29, 0.717) is 19.3 Å². The summed E-state index contributed by atoms with van der Waals surface area (Å²) in [6, 6.07) is 0. The van der Waals surface area contributed by atoms with Crippen molar-refractivity contribution >= 4 is 17.9 Å². The Labute approximate surface area is 450 Å². The highest BCUT2D eigenvalue weighted by atomic mass is 16.6. The molecule has 0 aromatic rings. The van der Waals surface area contributed by atoms with E-state index in [2.05, 4.69) is 130 Å². The first-order valence-electron chi connectivity index (χ1n) is 30.4. The van der Waals surface area contributed by atoms with Crippen molar-refractivity contribution in [1.29, 1.82) is 0 Å². The Kier molecular flexibility index (Phi) is 57.4. The third kappa shape index (κ3) is 58.8. The van der Waals surface area contributed by atoms with Crippen LogP contribution >= 0.6 is 0 Å². The third-order valence-electron chi connectivity index (χ3n) is 12.7. The van der Waals surface area contributed by atoms with Gasteiger partial charge in [-0.2, -0.15) is 0 Å². The summed E-state index contributed by atoms with van der Waals surface area (Å²) in [5.41, 5.74) is 0. The van der Waals surface area contributed by atoms with Crippen LogP contribution in [0, 0.1) is 0 Å². The molecule has 0 aliphatic heterocycles. The number of hydrogen-bond acceptors (Lipinski definition) is 6. The molecule has 0 heterocycles. The van der Waals surface area contributed by atoms with Crippen LogP contribution in [0.25, 0.3) is 0 Å². The maximum Gasteiger partial charge on any atom is 0.306 e. The zero-order valence-electron chi connectivity index (χ0n) is 47.6. The van der Waals surface area contributed by atoms with Crippen LogP contribution in [0.2, 0.25) is 0 Å². The quantitative estimate of drug-likeness (QED) is 0.0261. The number of unbranched alkanes of at least 4 members (excludes halogenated alkanes) is 25. The summed E-state index contributed by atoms with van der Waals surface area (Å²) >= 11 is 0. The molecule has 0 bridgehead atoms.